The maximum atomic E-state index is 11.2. The largest absolute Gasteiger partial charge is 0.329 e. The number of urea groups is 1. The predicted molar refractivity (Wildman–Crippen MR) is 50.8 cm³/mol. The average molecular weight is 211 g/mol. The summed E-state index contributed by atoms with van der Waals surface area (Å²) in [7, 11) is 0. The Hall–Kier alpha value is -1.43. The van der Waals surface area contributed by atoms with E-state index < -0.39 is 0 Å². The molecule has 2 heterocycles. The molecule has 1 fully saturated rings. The highest BCUT2D eigenvalue weighted by Gasteiger charge is 2.28. The number of rotatable bonds is 2. The highest BCUT2D eigenvalue weighted by Crippen LogP contribution is 2.14. The van der Waals surface area contributed by atoms with E-state index in [9.17, 15) is 9.59 Å². The van der Waals surface area contributed by atoms with Crippen LogP contribution in [0.15, 0.2) is 6.20 Å². The topological polar surface area (TPSA) is 62.3 Å². The standard InChI is InChI=1S/C8H9N3O2S/c1-5-2-9-6(14-5)4-11-7(12)3-10-8(11)13/h2H,3-4H2,1H3,(H,10,13). The Balaban J connectivity index is 2.10. The van der Waals surface area contributed by atoms with Gasteiger partial charge in [0.15, 0.2) is 0 Å². The quantitative estimate of drug-likeness (QED) is 0.725. The number of carbonyl (C=O) groups is 2. The van der Waals surface area contributed by atoms with Crippen molar-refractivity contribution >= 4 is 23.3 Å². The van der Waals surface area contributed by atoms with Gasteiger partial charge in [0, 0.05) is 11.1 Å². The summed E-state index contributed by atoms with van der Waals surface area (Å²) in [5.41, 5.74) is 0. The second-order valence-corrected chi connectivity index (χ2v) is 4.32. The van der Waals surface area contributed by atoms with Crippen molar-refractivity contribution in [3.8, 4) is 0 Å². The summed E-state index contributed by atoms with van der Waals surface area (Å²) in [6.45, 7) is 2.32. The second kappa shape index (κ2) is 3.38. The van der Waals surface area contributed by atoms with Crippen LogP contribution in [-0.4, -0.2) is 28.4 Å². The number of thiazole rings is 1. The first-order chi connectivity index (χ1) is 6.66. The number of imide groups is 1. The van der Waals surface area contributed by atoms with Gasteiger partial charge in [0.05, 0.1) is 13.1 Å². The molecule has 5 nitrogen and oxygen atoms in total. The molecule has 0 radical (unpaired) electrons. The zero-order chi connectivity index (χ0) is 10.1. The summed E-state index contributed by atoms with van der Waals surface area (Å²) in [4.78, 5) is 28.7. The maximum absolute atomic E-state index is 11.2. The minimum Gasteiger partial charge on any atom is -0.329 e. The molecular formula is C8H9N3O2S. The zero-order valence-electron chi connectivity index (χ0n) is 7.61. The smallest absolute Gasteiger partial charge is 0.324 e. The van der Waals surface area contributed by atoms with Crippen LogP contribution in [0.3, 0.4) is 0 Å². The number of amides is 3. The summed E-state index contributed by atoms with van der Waals surface area (Å²) in [6.07, 6.45) is 1.73. The number of aromatic nitrogens is 1. The molecule has 74 valence electrons. The summed E-state index contributed by atoms with van der Waals surface area (Å²) >= 11 is 1.49. The third-order valence-corrected chi connectivity index (χ3v) is 2.80. The van der Waals surface area contributed by atoms with Crippen LogP contribution in [0.1, 0.15) is 9.88 Å². The van der Waals surface area contributed by atoms with E-state index in [0.29, 0.717) is 0 Å². The van der Waals surface area contributed by atoms with Crippen LogP contribution in [0.25, 0.3) is 0 Å². The summed E-state index contributed by atoms with van der Waals surface area (Å²) in [5.74, 6) is -0.192. The second-order valence-electron chi connectivity index (χ2n) is 3.00. The predicted octanol–water partition coefficient (Wildman–Crippen LogP) is 0.503. The maximum Gasteiger partial charge on any atom is 0.324 e. The molecule has 0 atom stereocenters. The fourth-order valence-electron chi connectivity index (χ4n) is 1.23. The Bertz CT molecular complexity index is 372. The van der Waals surface area contributed by atoms with Gasteiger partial charge in [-0.1, -0.05) is 0 Å². The molecule has 2 rings (SSSR count). The molecule has 0 aromatic carbocycles. The molecule has 0 aliphatic carbocycles. The lowest BCUT2D eigenvalue weighted by Gasteiger charge is -2.08. The Kier molecular flexibility index (Phi) is 2.20. The van der Waals surface area contributed by atoms with Gasteiger partial charge >= 0.3 is 6.03 Å². The molecule has 1 aromatic heterocycles. The number of carbonyl (C=O) groups excluding carboxylic acids is 2. The summed E-state index contributed by atoms with van der Waals surface area (Å²) in [6, 6.07) is -0.331. The number of nitrogens with zero attached hydrogens (tertiary/aromatic N) is 2. The van der Waals surface area contributed by atoms with Crippen LogP contribution in [-0.2, 0) is 11.3 Å². The first-order valence-corrected chi connectivity index (χ1v) is 4.98. The van der Waals surface area contributed by atoms with E-state index in [0.717, 1.165) is 9.88 Å². The van der Waals surface area contributed by atoms with Gasteiger partial charge in [-0.15, -0.1) is 11.3 Å². The molecule has 6 heteroatoms. The lowest BCUT2D eigenvalue weighted by Crippen LogP contribution is -2.30. The van der Waals surface area contributed by atoms with E-state index in [2.05, 4.69) is 10.3 Å². The van der Waals surface area contributed by atoms with Crippen molar-refractivity contribution in [1.82, 2.24) is 15.2 Å². The van der Waals surface area contributed by atoms with Gasteiger partial charge < -0.3 is 5.32 Å². The number of hydrogen-bond acceptors (Lipinski definition) is 4. The molecule has 1 aromatic rings. The van der Waals surface area contributed by atoms with Gasteiger partial charge in [0.25, 0.3) is 0 Å². The monoisotopic (exact) mass is 211 g/mol. The van der Waals surface area contributed by atoms with Crippen LogP contribution >= 0.6 is 11.3 Å². The molecule has 3 amide bonds. The van der Waals surface area contributed by atoms with E-state index in [4.69, 9.17) is 0 Å². The molecule has 1 aliphatic heterocycles. The first kappa shape index (κ1) is 9.14. The average Bonchev–Trinajstić information content (AvgIpc) is 2.67. The van der Waals surface area contributed by atoms with Crippen LogP contribution in [0.2, 0.25) is 0 Å². The van der Waals surface area contributed by atoms with Crippen molar-refractivity contribution in [2.45, 2.75) is 13.5 Å². The highest BCUT2D eigenvalue weighted by molar-refractivity contribution is 7.11. The summed E-state index contributed by atoms with van der Waals surface area (Å²) in [5, 5.41) is 3.25. The van der Waals surface area contributed by atoms with Crippen LogP contribution in [0.4, 0.5) is 4.79 Å². The van der Waals surface area contributed by atoms with Crippen molar-refractivity contribution in [3.05, 3.63) is 16.1 Å². The van der Waals surface area contributed by atoms with Gasteiger partial charge in [-0.2, -0.15) is 0 Å². The Labute approximate surface area is 84.7 Å². The molecule has 14 heavy (non-hydrogen) atoms. The van der Waals surface area contributed by atoms with Crippen molar-refractivity contribution in [2.24, 2.45) is 0 Å². The molecule has 0 spiro atoms. The molecule has 1 saturated heterocycles. The fraction of sp³-hybridized carbons (Fsp3) is 0.375. The third-order valence-electron chi connectivity index (χ3n) is 1.90. The first-order valence-electron chi connectivity index (χ1n) is 4.16. The van der Waals surface area contributed by atoms with Crippen molar-refractivity contribution in [2.75, 3.05) is 6.54 Å². The van der Waals surface area contributed by atoms with E-state index in [1.165, 1.54) is 16.2 Å². The highest BCUT2D eigenvalue weighted by atomic mass is 32.1. The van der Waals surface area contributed by atoms with E-state index in [1.807, 2.05) is 6.92 Å². The lowest BCUT2D eigenvalue weighted by molar-refractivity contribution is -0.125. The van der Waals surface area contributed by atoms with E-state index in [-0.39, 0.29) is 25.0 Å². The molecule has 1 N–H and O–H groups in total. The van der Waals surface area contributed by atoms with E-state index >= 15 is 0 Å². The molecular weight excluding hydrogens is 202 g/mol. The van der Waals surface area contributed by atoms with Gasteiger partial charge in [0.1, 0.15) is 5.01 Å². The molecule has 0 bridgehead atoms. The number of aryl methyl sites for hydroxylation is 1. The SMILES string of the molecule is Cc1cnc(CN2C(=O)CNC2=O)s1. The van der Waals surface area contributed by atoms with Gasteiger partial charge in [-0.3, -0.25) is 9.69 Å². The van der Waals surface area contributed by atoms with E-state index in [1.54, 1.807) is 6.20 Å². The van der Waals surface area contributed by atoms with Gasteiger partial charge in [-0.05, 0) is 6.92 Å². The van der Waals surface area contributed by atoms with Crippen LogP contribution < -0.4 is 5.32 Å². The van der Waals surface area contributed by atoms with Crippen molar-refractivity contribution in [1.29, 1.82) is 0 Å². The van der Waals surface area contributed by atoms with Crippen molar-refractivity contribution in [3.63, 3.8) is 0 Å². The normalized spacial score (nSPS) is 16.2. The minimum atomic E-state index is -0.331. The van der Waals surface area contributed by atoms with Crippen molar-refractivity contribution < 1.29 is 9.59 Å². The summed E-state index contributed by atoms with van der Waals surface area (Å²) < 4.78 is 0. The number of nitrogens with one attached hydrogen (secondary N) is 1. The molecule has 1 aliphatic rings. The number of hydrogen-bond donors (Lipinski definition) is 1. The minimum absolute atomic E-state index is 0.100. The van der Waals surface area contributed by atoms with Gasteiger partial charge in [-0.25, -0.2) is 9.78 Å². The Morgan fingerprint density at radius 1 is 1.64 bits per heavy atom. The zero-order valence-corrected chi connectivity index (χ0v) is 8.43. The van der Waals surface area contributed by atoms with Crippen LogP contribution in [0.5, 0.6) is 0 Å². The fourth-order valence-corrected chi connectivity index (χ4v) is 2.00. The van der Waals surface area contributed by atoms with Crippen LogP contribution in [0, 0.1) is 6.92 Å². The molecule has 0 saturated carbocycles. The third kappa shape index (κ3) is 1.60. The Morgan fingerprint density at radius 2 is 2.43 bits per heavy atom. The van der Waals surface area contributed by atoms with Gasteiger partial charge in [0.2, 0.25) is 5.91 Å². The Morgan fingerprint density at radius 3 is 2.93 bits per heavy atom. The molecule has 0 unspecified atom stereocenters. The lowest BCUT2D eigenvalue weighted by atomic mass is 10.5.